The van der Waals surface area contributed by atoms with Gasteiger partial charge in [-0.1, -0.05) is 12.1 Å². The van der Waals surface area contributed by atoms with Gasteiger partial charge in [-0.2, -0.15) is 0 Å². The Balaban J connectivity index is 2.59. The summed E-state index contributed by atoms with van der Waals surface area (Å²) < 4.78 is 5.51. The molecule has 1 nitrogen and oxygen atoms in total. The molecule has 1 aromatic rings. The molecule has 0 atom stereocenters. The van der Waals surface area contributed by atoms with E-state index in [0.717, 1.165) is 12.2 Å². The maximum absolute atomic E-state index is 5.63. The molecule has 0 aliphatic carbocycles. The van der Waals surface area contributed by atoms with Crippen molar-refractivity contribution in [3.63, 3.8) is 0 Å². The van der Waals surface area contributed by atoms with Crippen LogP contribution in [0.2, 0.25) is 0 Å². The van der Waals surface area contributed by atoms with Crippen molar-refractivity contribution < 1.29 is 4.74 Å². The molecule has 0 aliphatic heterocycles. The number of hydrogen-bond donors (Lipinski definition) is 0. The SMILES string of the molecule is CC(C)Oc1ccc(CCCl)cc1. The van der Waals surface area contributed by atoms with Crippen molar-refractivity contribution >= 4 is 11.6 Å². The highest BCUT2D eigenvalue weighted by Crippen LogP contribution is 2.14. The average Bonchev–Trinajstić information content (AvgIpc) is 2.08. The molecule has 0 aliphatic rings. The van der Waals surface area contributed by atoms with Gasteiger partial charge in [-0.25, -0.2) is 0 Å². The Morgan fingerprint density at radius 2 is 1.85 bits per heavy atom. The summed E-state index contributed by atoms with van der Waals surface area (Å²) in [4.78, 5) is 0. The van der Waals surface area contributed by atoms with E-state index in [1.807, 2.05) is 26.0 Å². The highest BCUT2D eigenvalue weighted by molar-refractivity contribution is 6.17. The fourth-order valence-electron chi connectivity index (χ4n) is 1.12. The number of halogens is 1. The van der Waals surface area contributed by atoms with Crippen LogP contribution in [0.25, 0.3) is 0 Å². The lowest BCUT2D eigenvalue weighted by Crippen LogP contribution is -2.05. The van der Waals surface area contributed by atoms with Gasteiger partial charge in [-0.15, -0.1) is 11.6 Å². The number of alkyl halides is 1. The van der Waals surface area contributed by atoms with Gasteiger partial charge in [0.25, 0.3) is 0 Å². The second-order valence-corrected chi connectivity index (χ2v) is 3.63. The molecule has 0 heterocycles. The molecule has 0 saturated heterocycles. The molecule has 0 bridgehead atoms. The van der Waals surface area contributed by atoms with Gasteiger partial charge in [0, 0.05) is 5.88 Å². The summed E-state index contributed by atoms with van der Waals surface area (Å²) in [6.45, 7) is 4.04. The second kappa shape index (κ2) is 5.13. The van der Waals surface area contributed by atoms with Crippen LogP contribution in [0, 0.1) is 0 Å². The lowest BCUT2D eigenvalue weighted by atomic mass is 10.2. The smallest absolute Gasteiger partial charge is 0.119 e. The molecule has 0 spiro atoms. The van der Waals surface area contributed by atoms with Crippen LogP contribution in [0.3, 0.4) is 0 Å². The summed E-state index contributed by atoms with van der Waals surface area (Å²) in [5.41, 5.74) is 1.26. The first-order valence-electron chi connectivity index (χ1n) is 4.54. The fourth-order valence-corrected chi connectivity index (χ4v) is 1.33. The predicted octanol–water partition coefficient (Wildman–Crippen LogP) is 3.26. The van der Waals surface area contributed by atoms with Crippen LogP contribution in [-0.4, -0.2) is 12.0 Å². The standard InChI is InChI=1S/C11H15ClO/c1-9(2)13-11-5-3-10(4-6-11)7-8-12/h3-6,9H,7-8H2,1-2H3. The van der Waals surface area contributed by atoms with Crippen LogP contribution in [0.1, 0.15) is 19.4 Å². The lowest BCUT2D eigenvalue weighted by Gasteiger charge is -2.09. The molecule has 2 heteroatoms. The van der Waals surface area contributed by atoms with Crippen molar-refractivity contribution in [3.8, 4) is 5.75 Å². The molecule has 0 fully saturated rings. The van der Waals surface area contributed by atoms with E-state index in [4.69, 9.17) is 16.3 Å². The highest BCUT2D eigenvalue weighted by atomic mass is 35.5. The van der Waals surface area contributed by atoms with Gasteiger partial charge in [-0.05, 0) is 38.0 Å². The average molecular weight is 199 g/mol. The Labute approximate surface area is 84.7 Å². The highest BCUT2D eigenvalue weighted by Gasteiger charge is 1.97. The summed E-state index contributed by atoms with van der Waals surface area (Å²) in [5.74, 6) is 1.60. The topological polar surface area (TPSA) is 9.23 Å². The van der Waals surface area contributed by atoms with Crippen LogP contribution >= 0.6 is 11.6 Å². The zero-order valence-electron chi connectivity index (χ0n) is 8.09. The van der Waals surface area contributed by atoms with E-state index < -0.39 is 0 Å². The van der Waals surface area contributed by atoms with Crippen molar-refractivity contribution in [2.24, 2.45) is 0 Å². The van der Waals surface area contributed by atoms with E-state index in [2.05, 4.69) is 12.1 Å². The first kappa shape index (κ1) is 10.4. The van der Waals surface area contributed by atoms with Gasteiger partial charge in [0.15, 0.2) is 0 Å². The molecular weight excluding hydrogens is 184 g/mol. The quantitative estimate of drug-likeness (QED) is 0.675. The number of hydrogen-bond acceptors (Lipinski definition) is 1. The van der Waals surface area contributed by atoms with Crippen molar-refractivity contribution in [2.75, 3.05) is 5.88 Å². The largest absolute Gasteiger partial charge is 0.491 e. The number of benzene rings is 1. The van der Waals surface area contributed by atoms with Gasteiger partial charge in [-0.3, -0.25) is 0 Å². The Morgan fingerprint density at radius 1 is 1.23 bits per heavy atom. The minimum atomic E-state index is 0.235. The molecule has 13 heavy (non-hydrogen) atoms. The summed E-state index contributed by atoms with van der Waals surface area (Å²) in [6.07, 6.45) is 1.16. The van der Waals surface area contributed by atoms with Gasteiger partial charge in [0.05, 0.1) is 6.10 Å². The van der Waals surface area contributed by atoms with Crippen molar-refractivity contribution in [1.29, 1.82) is 0 Å². The van der Waals surface area contributed by atoms with Crippen LogP contribution in [0.15, 0.2) is 24.3 Å². The van der Waals surface area contributed by atoms with Crippen LogP contribution in [0.4, 0.5) is 0 Å². The Hall–Kier alpha value is -0.690. The number of ether oxygens (including phenoxy) is 1. The maximum atomic E-state index is 5.63. The number of rotatable bonds is 4. The Morgan fingerprint density at radius 3 is 2.31 bits per heavy atom. The molecule has 72 valence electrons. The zero-order valence-corrected chi connectivity index (χ0v) is 8.84. The molecule has 0 amide bonds. The summed E-state index contributed by atoms with van der Waals surface area (Å²) >= 11 is 5.63. The van der Waals surface area contributed by atoms with Crippen LogP contribution in [-0.2, 0) is 6.42 Å². The molecule has 0 N–H and O–H groups in total. The maximum Gasteiger partial charge on any atom is 0.119 e. The Kier molecular flexibility index (Phi) is 4.10. The van der Waals surface area contributed by atoms with Gasteiger partial charge in [0.2, 0.25) is 0 Å². The van der Waals surface area contributed by atoms with Crippen molar-refractivity contribution in [2.45, 2.75) is 26.4 Å². The number of aryl methyl sites for hydroxylation is 1. The van der Waals surface area contributed by atoms with Gasteiger partial charge < -0.3 is 4.74 Å². The molecule has 0 unspecified atom stereocenters. The molecule has 1 aromatic carbocycles. The van der Waals surface area contributed by atoms with E-state index in [-0.39, 0.29) is 6.10 Å². The monoisotopic (exact) mass is 198 g/mol. The lowest BCUT2D eigenvalue weighted by molar-refractivity contribution is 0.242. The molecule has 0 saturated carbocycles. The molecule has 0 radical (unpaired) electrons. The molecular formula is C11H15ClO. The summed E-state index contributed by atoms with van der Waals surface area (Å²) in [7, 11) is 0. The van der Waals surface area contributed by atoms with Crippen molar-refractivity contribution in [1.82, 2.24) is 0 Å². The first-order chi connectivity index (χ1) is 6.22. The van der Waals surface area contributed by atoms with Gasteiger partial charge >= 0.3 is 0 Å². The second-order valence-electron chi connectivity index (χ2n) is 3.25. The van der Waals surface area contributed by atoms with Crippen LogP contribution in [0.5, 0.6) is 5.75 Å². The fraction of sp³-hybridized carbons (Fsp3) is 0.455. The predicted molar refractivity (Wildman–Crippen MR) is 56.6 cm³/mol. The normalized spacial score (nSPS) is 10.5. The van der Waals surface area contributed by atoms with Gasteiger partial charge in [0.1, 0.15) is 5.75 Å². The minimum absolute atomic E-state index is 0.235. The van der Waals surface area contributed by atoms with E-state index >= 15 is 0 Å². The third-order valence-electron chi connectivity index (χ3n) is 1.68. The summed E-state index contributed by atoms with van der Waals surface area (Å²) in [6, 6.07) is 8.09. The van der Waals surface area contributed by atoms with E-state index in [1.165, 1.54) is 5.56 Å². The Bertz CT molecular complexity index is 241. The third-order valence-corrected chi connectivity index (χ3v) is 1.87. The van der Waals surface area contributed by atoms with Crippen molar-refractivity contribution in [3.05, 3.63) is 29.8 Å². The van der Waals surface area contributed by atoms with E-state index in [9.17, 15) is 0 Å². The third kappa shape index (κ3) is 3.69. The summed E-state index contributed by atoms with van der Waals surface area (Å²) in [5, 5.41) is 0. The first-order valence-corrected chi connectivity index (χ1v) is 5.07. The van der Waals surface area contributed by atoms with E-state index in [1.54, 1.807) is 0 Å². The van der Waals surface area contributed by atoms with E-state index in [0.29, 0.717) is 5.88 Å². The zero-order chi connectivity index (χ0) is 9.68. The molecule has 1 rings (SSSR count). The molecule has 0 aromatic heterocycles. The van der Waals surface area contributed by atoms with Crippen LogP contribution < -0.4 is 4.74 Å². The minimum Gasteiger partial charge on any atom is -0.491 e.